The number of H-pyrrole nitrogens is 2. The van der Waals surface area contributed by atoms with E-state index in [1.807, 2.05) is 44.3 Å². The molecule has 0 spiro atoms. The SMILES string of the molecule is CCOC(=O)c1c(C)[nH]c(C=C2N=C(c3ccc[nH]3)C=C2OC)c1C.Cl. The first kappa shape index (κ1) is 19.6. The highest BCUT2D eigenvalue weighted by Gasteiger charge is 2.21. The summed E-state index contributed by atoms with van der Waals surface area (Å²) in [5.74, 6) is 0.358. The number of methoxy groups -OCH3 is 1. The van der Waals surface area contributed by atoms with Crippen LogP contribution in [0.4, 0.5) is 0 Å². The minimum absolute atomic E-state index is 0. The summed E-state index contributed by atoms with van der Waals surface area (Å²) >= 11 is 0. The van der Waals surface area contributed by atoms with Gasteiger partial charge in [0.25, 0.3) is 0 Å². The number of aliphatic imine (C=N–C) groups is 1. The van der Waals surface area contributed by atoms with E-state index in [1.165, 1.54) is 0 Å². The van der Waals surface area contributed by atoms with Gasteiger partial charge in [0, 0.05) is 23.7 Å². The number of allylic oxidation sites excluding steroid dienone is 1. The van der Waals surface area contributed by atoms with Gasteiger partial charge in [-0.25, -0.2) is 9.79 Å². The van der Waals surface area contributed by atoms with Gasteiger partial charge in [0.1, 0.15) is 11.5 Å². The van der Waals surface area contributed by atoms with Crippen LogP contribution in [-0.4, -0.2) is 35.4 Å². The zero-order valence-electron chi connectivity index (χ0n) is 15.2. The second-order valence-electron chi connectivity index (χ2n) is 5.71. The number of hydrogen-bond acceptors (Lipinski definition) is 4. The number of hydrogen-bond donors (Lipinski definition) is 2. The minimum atomic E-state index is -0.317. The second-order valence-corrected chi connectivity index (χ2v) is 5.71. The zero-order valence-corrected chi connectivity index (χ0v) is 16.0. The van der Waals surface area contributed by atoms with Crippen molar-refractivity contribution < 1.29 is 14.3 Å². The highest BCUT2D eigenvalue weighted by molar-refractivity contribution is 6.11. The molecule has 0 bridgehead atoms. The van der Waals surface area contributed by atoms with Crippen LogP contribution < -0.4 is 0 Å². The van der Waals surface area contributed by atoms with Crippen molar-refractivity contribution in [1.82, 2.24) is 9.97 Å². The number of aromatic amines is 2. The molecule has 0 saturated carbocycles. The number of carbonyl (C=O) groups is 1. The molecule has 1 aliphatic rings. The van der Waals surface area contributed by atoms with Crippen LogP contribution in [0.3, 0.4) is 0 Å². The Balaban J connectivity index is 0.00000243. The first-order chi connectivity index (χ1) is 12.0. The summed E-state index contributed by atoms with van der Waals surface area (Å²) in [5.41, 5.74) is 5.43. The Morgan fingerprint density at radius 3 is 2.73 bits per heavy atom. The van der Waals surface area contributed by atoms with Gasteiger partial charge in [-0.2, -0.15) is 0 Å². The van der Waals surface area contributed by atoms with Crippen molar-refractivity contribution in [2.24, 2.45) is 4.99 Å². The first-order valence-corrected chi connectivity index (χ1v) is 8.11. The molecule has 2 N–H and O–H groups in total. The van der Waals surface area contributed by atoms with Crippen LogP contribution in [0.5, 0.6) is 0 Å². The highest BCUT2D eigenvalue weighted by atomic mass is 35.5. The van der Waals surface area contributed by atoms with Gasteiger partial charge in [-0.3, -0.25) is 0 Å². The van der Waals surface area contributed by atoms with Gasteiger partial charge < -0.3 is 19.4 Å². The van der Waals surface area contributed by atoms with Crippen molar-refractivity contribution >= 4 is 30.2 Å². The van der Waals surface area contributed by atoms with Gasteiger partial charge in [0.05, 0.1) is 30.7 Å². The standard InChI is InChI=1S/C19H21N3O3.ClH/c1-5-25-19(23)18-11(2)14(21-12(18)3)9-16-17(24-4)10-15(22-16)13-7-6-8-20-13;/h6-10,20-21H,5H2,1-4H3;1H. The maximum atomic E-state index is 12.1. The van der Waals surface area contributed by atoms with E-state index >= 15 is 0 Å². The minimum Gasteiger partial charge on any atom is -0.494 e. The molecule has 0 radical (unpaired) electrons. The third kappa shape index (κ3) is 3.60. The molecule has 3 rings (SSSR count). The largest absolute Gasteiger partial charge is 0.494 e. The molecule has 1 aliphatic heterocycles. The van der Waals surface area contributed by atoms with E-state index in [9.17, 15) is 4.79 Å². The van der Waals surface area contributed by atoms with Gasteiger partial charge in [0.15, 0.2) is 0 Å². The quantitative estimate of drug-likeness (QED) is 0.777. The average molecular weight is 376 g/mol. The summed E-state index contributed by atoms with van der Waals surface area (Å²) in [6.45, 7) is 5.89. The predicted octanol–water partition coefficient (Wildman–Crippen LogP) is 3.93. The number of halogens is 1. The summed E-state index contributed by atoms with van der Waals surface area (Å²) in [6, 6.07) is 3.87. The molecule has 0 aliphatic carbocycles. The molecule has 0 saturated heterocycles. The molecule has 3 heterocycles. The van der Waals surface area contributed by atoms with Crippen molar-refractivity contribution in [3.05, 3.63) is 64.1 Å². The fourth-order valence-corrected chi connectivity index (χ4v) is 2.87. The number of nitrogens with zero attached hydrogens (tertiary/aromatic N) is 1. The number of aromatic nitrogens is 2. The molecule has 0 fully saturated rings. The van der Waals surface area contributed by atoms with E-state index in [-0.39, 0.29) is 18.4 Å². The van der Waals surface area contributed by atoms with Crippen LogP contribution in [0.2, 0.25) is 0 Å². The lowest BCUT2D eigenvalue weighted by molar-refractivity contribution is 0.0525. The van der Waals surface area contributed by atoms with Gasteiger partial charge >= 0.3 is 5.97 Å². The number of rotatable bonds is 5. The van der Waals surface area contributed by atoms with Crippen LogP contribution in [-0.2, 0) is 9.47 Å². The number of esters is 1. The topological polar surface area (TPSA) is 79.5 Å². The number of ether oxygens (including phenoxy) is 2. The summed E-state index contributed by atoms with van der Waals surface area (Å²) in [6.07, 6.45) is 5.62. The van der Waals surface area contributed by atoms with E-state index in [1.54, 1.807) is 14.0 Å². The fourth-order valence-electron chi connectivity index (χ4n) is 2.87. The number of aryl methyl sites for hydroxylation is 1. The second kappa shape index (κ2) is 8.10. The molecule has 6 nitrogen and oxygen atoms in total. The lowest BCUT2D eigenvalue weighted by atomic mass is 10.1. The Morgan fingerprint density at radius 1 is 1.35 bits per heavy atom. The number of nitrogens with one attached hydrogen (secondary N) is 2. The van der Waals surface area contributed by atoms with Gasteiger partial charge in [-0.15, -0.1) is 12.4 Å². The maximum absolute atomic E-state index is 12.1. The lowest BCUT2D eigenvalue weighted by Crippen LogP contribution is -2.06. The molecule has 0 unspecified atom stereocenters. The normalized spacial score (nSPS) is 14.7. The lowest BCUT2D eigenvalue weighted by Gasteiger charge is -2.03. The molecule has 0 aromatic carbocycles. The van der Waals surface area contributed by atoms with E-state index in [0.29, 0.717) is 23.6 Å². The maximum Gasteiger partial charge on any atom is 0.340 e. The molecular weight excluding hydrogens is 354 g/mol. The van der Waals surface area contributed by atoms with Gasteiger partial charge in [0.2, 0.25) is 0 Å². The Morgan fingerprint density at radius 2 is 2.12 bits per heavy atom. The molecule has 0 atom stereocenters. The van der Waals surface area contributed by atoms with Gasteiger partial charge in [-0.05, 0) is 44.5 Å². The Kier molecular flexibility index (Phi) is 6.10. The molecule has 0 amide bonds. The third-order valence-corrected chi connectivity index (χ3v) is 4.09. The highest BCUT2D eigenvalue weighted by Crippen LogP contribution is 2.27. The average Bonchev–Trinajstić information content (AvgIpc) is 3.28. The summed E-state index contributed by atoms with van der Waals surface area (Å²) in [4.78, 5) is 23.1. The van der Waals surface area contributed by atoms with E-state index in [0.717, 1.165) is 28.4 Å². The smallest absolute Gasteiger partial charge is 0.340 e. The Labute approximate surface area is 158 Å². The van der Waals surface area contributed by atoms with Crippen molar-refractivity contribution in [3.8, 4) is 0 Å². The summed E-state index contributed by atoms with van der Waals surface area (Å²) < 4.78 is 10.6. The molecule has 2 aromatic heterocycles. The molecule has 26 heavy (non-hydrogen) atoms. The van der Waals surface area contributed by atoms with Crippen LogP contribution >= 0.6 is 12.4 Å². The van der Waals surface area contributed by atoms with Crippen molar-refractivity contribution in [1.29, 1.82) is 0 Å². The van der Waals surface area contributed by atoms with Gasteiger partial charge in [-0.1, -0.05) is 0 Å². The van der Waals surface area contributed by atoms with Crippen LogP contribution in [0, 0.1) is 13.8 Å². The molecular formula is C19H22ClN3O3. The molecule has 7 heteroatoms. The summed E-state index contributed by atoms with van der Waals surface area (Å²) in [5, 5.41) is 0. The number of carbonyl (C=O) groups excluding carboxylic acids is 1. The van der Waals surface area contributed by atoms with Crippen LogP contribution in [0.1, 0.15) is 39.9 Å². The first-order valence-electron chi connectivity index (χ1n) is 8.11. The monoisotopic (exact) mass is 375 g/mol. The summed E-state index contributed by atoms with van der Waals surface area (Å²) in [7, 11) is 1.61. The zero-order chi connectivity index (χ0) is 18.0. The van der Waals surface area contributed by atoms with E-state index < -0.39 is 0 Å². The van der Waals surface area contributed by atoms with Crippen molar-refractivity contribution in [2.75, 3.05) is 13.7 Å². The Hall–Kier alpha value is -2.73. The molecule has 2 aromatic rings. The van der Waals surface area contributed by atoms with Crippen molar-refractivity contribution in [3.63, 3.8) is 0 Å². The van der Waals surface area contributed by atoms with Crippen molar-refractivity contribution in [2.45, 2.75) is 20.8 Å². The predicted molar refractivity (Wildman–Crippen MR) is 104 cm³/mol. The Bertz CT molecular complexity index is 890. The van der Waals surface area contributed by atoms with Crippen LogP contribution in [0.15, 0.2) is 40.9 Å². The molecule has 138 valence electrons. The fraction of sp³-hybridized carbons (Fsp3) is 0.263. The van der Waals surface area contributed by atoms with E-state index in [4.69, 9.17) is 9.47 Å². The van der Waals surface area contributed by atoms with Crippen LogP contribution in [0.25, 0.3) is 6.08 Å². The third-order valence-electron chi connectivity index (χ3n) is 4.09. The van der Waals surface area contributed by atoms with E-state index in [2.05, 4.69) is 15.0 Å².